The summed E-state index contributed by atoms with van der Waals surface area (Å²) in [5.74, 6) is 2.83. The van der Waals surface area contributed by atoms with Crippen LogP contribution in [0.5, 0.6) is 0 Å². The molecule has 2 heterocycles. The molecule has 1 atom stereocenters. The van der Waals surface area contributed by atoms with Crippen LogP contribution in [0.1, 0.15) is 25.6 Å². The zero-order chi connectivity index (χ0) is 13.8. The van der Waals surface area contributed by atoms with Crippen molar-refractivity contribution in [1.29, 1.82) is 0 Å². The van der Waals surface area contributed by atoms with E-state index in [1.165, 1.54) is 6.42 Å². The van der Waals surface area contributed by atoms with E-state index in [2.05, 4.69) is 52.2 Å². The van der Waals surface area contributed by atoms with E-state index in [-0.39, 0.29) is 0 Å². The third kappa shape index (κ3) is 3.56. The minimum absolute atomic E-state index is 0.627. The van der Waals surface area contributed by atoms with Crippen molar-refractivity contribution in [3.05, 3.63) is 11.9 Å². The highest BCUT2D eigenvalue weighted by atomic mass is 15.3. The first kappa shape index (κ1) is 14.1. The first-order valence-corrected chi connectivity index (χ1v) is 7.11. The number of nitrogens with one attached hydrogen (secondary N) is 1. The lowest BCUT2D eigenvalue weighted by atomic mass is 10.2. The summed E-state index contributed by atoms with van der Waals surface area (Å²) in [6.07, 6.45) is 2.30. The largest absolute Gasteiger partial charge is 0.370 e. The highest BCUT2D eigenvalue weighted by molar-refractivity contribution is 5.50. The Hall–Kier alpha value is -1.36. The zero-order valence-electron chi connectivity index (χ0n) is 12.5. The van der Waals surface area contributed by atoms with Gasteiger partial charge in [-0.25, -0.2) is 9.97 Å². The number of nitrogens with zero attached hydrogens (tertiary/aromatic N) is 4. The second kappa shape index (κ2) is 6.19. The van der Waals surface area contributed by atoms with Gasteiger partial charge in [0.05, 0.1) is 0 Å². The van der Waals surface area contributed by atoms with Gasteiger partial charge in [-0.05, 0) is 33.9 Å². The lowest BCUT2D eigenvalue weighted by molar-refractivity contribution is 0.315. The quantitative estimate of drug-likeness (QED) is 0.877. The molecule has 0 amide bonds. The van der Waals surface area contributed by atoms with Gasteiger partial charge in [0.25, 0.3) is 0 Å². The third-order valence-electron chi connectivity index (χ3n) is 3.60. The molecule has 0 saturated carbocycles. The predicted molar refractivity (Wildman–Crippen MR) is 79.9 cm³/mol. The van der Waals surface area contributed by atoms with Crippen LogP contribution >= 0.6 is 0 Å². The fourth-order valence-electron chi connectivity index (χ4n) is 2.43. The maximum atomic E-state index is 4.57. The van der Waals surface area contributed by atoms with Gasteiger partial charge in [0.1, 0.15) is 17.5 Å². The Labute approximate surface area is 116 Å². The SMILES string of the molecule is CCCNc1cc(N2CCC(N(C)C)C2)nc(C)n1. The normalized spacial score (nSPS) is 19.2. The van der Waals surface area contributed by atoms with E-state index in [9.17, 15) is 0 Å². The highest BCUT2D eigenvalue weighted by Gasteiger charge is 2.25. The number of likely N-dealkylation sites (N-methyl/N-ethyl adjacent to an activating group) is 1. The van der Waals surface area contributed by atoms with Crippen LogP contribution in [0.15, 0.2) is 6.07 Å². The Morgan fingerprint density at radius 2 is 2.21 bits per heavy atom. The lowest BCUT2D eigenvalue weighted by Crippen LogP contribution is -2.31. The molecule has 1 saturated heterocycles. The molecule has 5 nitrogen and oxygen atoms in total. The minimum Gasteiger partial charge on any atom is -0.370 e. The fourth-order valence-corrected chi connectivity index (χ4v) is 2.43. The number of aromatic nitrogens is 2. The van der Waals surface area contributed by atoms with Gasteiger partial charge < -0.3 is 15.1 Å². The molecule has 1 fully saturated rings. The van der Waals surface area contributed by atoms with E-state index in [1.807, 2.05) is 6.92 Å². The van der Waals surface area contributed by atoms with Crippen LogP contribution in [-0.2, 0) is 0 Å². The summed E-state index contributed by atoms with van der Waals surface area (Å²) in [6.45, 7) is 7.20. The van der Waals surface area contributed by atoms with Crippen molar-refractivity contribution in [1.82, 2.24) is 14.9 Å². The summed E-state index contributed by atoms with van der Waals surface area (Å²) in [6, 6.07) is 2.70. The van der Waals surface area contributed by atoms with E-state index >= 15 is 0 Å². The van der Waals surface area contributed by atoms with Crippen LogP contribution in [-0.4, -0.2) is 54.6 Å². The van der Waals surface area contributed by atoms with Crippen LogP contribution in [0.2, 0.25) is 0 Å². The van der Waals surface area contributed by atoms with E-state index in [0.717, 1.165) is 43.5 Å². The summed E-state index contributed by atoms with van der Waals surface area (Å²) < 4.78 is 0. The molecule has 1 unspecified atom stereocenters. The average molecular weight is 263 g/mol. The van der Waals surface area contributed by atoms with Gasteiger partial charge >= 0.3 is 0 Å². The predicted octanol–water partition coefficient (Wildman–Crippen LogP) is 1.75. The van der Waals surface area contributed by atoms with E-state index in [1.54, 1.807) is 0 Å². The molecule has 1 aromatic rings. The monoisotopic (exact) mass is 263 g/mol. The number of hydrogen-bond acceptors (Lipinski definition) is 5. The van der Waals surface area contributed by atoms with E-state index in [0.29, 0.717) is 6.04 Å². The minimum atomic E-state index is 0.627. The van der Waals surface area contributed by atoms with Crippen molar-refractivity contribution in [2.24, 2.45) is 0 Å². The Morgan fingerprint density at radius 1 is 1.42 bits per heavy atom. The summed E-state index contributed by atoms with van der Waals surface area (Å²) in [5.41, 5.74) is 0. The second-order valence-electron chi connectivity index (χ2n) is 5.44. The van der Waals surface area contributed by atoms with E-state index < -0.39 is 0 Å². The lowest BCUT2D eigenvalue weighted by Gasteiger charge is -2.21. The van der Waals surface area contributed by atoms with Crippen molar-refractivity contribution in [2.45, 2.75) is 32.7 Å². The molecule has 0 aliphatic carbocycles. The molecule has 0 aromatic carbocycles. The van der Waals surface area contributed by atoms with Gasteiger partial charge in [-0.2, -0.15) is 0 Å². The molecule has 5 heteroatoms. The molecule has 19 heavy (non-hydrogen) atoms. The Morgan fingerprint density at radius 3 is 2.84 bits per heavy atom. The van der Waals surface area contributed by atoms with Gasteiger partial charge in [0, 0.05) is 31.7 Å². The molecule has 2 rings (SSSR count). The Kier molecular flexibility index (Phi) is 4.58. The number of anilines is 2. The van der Waals surface area contributed by atoms with Gasteiger partial charge in [0.15, 0.2) is 0 Å². The van der Waals surface area contributed by atoms with Crippen LogP contribution in [0.25, 0.3) is 0 Å². The summed E-state index contributed by atoms with van der Waals surface area (Å²) in [4.78, 5) is 13.7. The first-order valence-electron chi connectivity index (χ1n) is 7.11. The van der Waals surface area contributed by atoms with Crippen LogP contribution in [0.4, 0.5) is 11.6 Å². The zero-order valence-corrected chi connectivity index (χ0v) is 12.5. The molecule has 0 spiro atoms. The van der Waals surface area contributed by atoms with Crippen molar-refractivity contribution in [3.63, 3.8) is 0 Å². The van der Waals surface area contributed by atoms with Gasteiger partial charge in [-0.3, -0.25) is 0 Å². The molecule has 1 aliphatic heterocycles. The highest BCUT2D eigenvalue weighted by Crippen LogP contribution is 2.22. The molecule has 0 bridgehead atoms. The first-order chi connectivity index (χ1) is 9.10. The number of aryl methyl sites for hydroxylation is 1. The average Bonchev–Trinajstić information content (AvgIpc) is 2.85. The van der Waals surface area contributed by atoms with Crippen molar-refractivity contribution < 1.29 is 0 Å². The van der Waals surface area contributed by atoms with Crippen LogP contribution in [0.3, 0.4) is 0 Å². The van der Waals surface area contributed by atoms with E-state index in [4.69, 9.17) is 0 Å². The maximum absolute atomic E-state index is 4.57. The molecule has 1 N–H and O–H groups in total. The summed E-state index contributed by atoms with van der Waals surface area (Å²) >= 11 is 0. The molecule has 1 aliphatic rings. The molecule has 1 aromatic heterocycles. The van der Waals surface area contributed by atoms with Gasteiger partial charge in [-0.15, -0.1) is 0 Å². The molecule has 106 valence electrons. The maximum Gasteiger partial charge on any atom is 0.134 e. The van der Waals surface area contributed by atoms with Crippen molar-refractivity contribution >= 4 is 11.6 Å². The van der Waals surface area contributed by atoms with Crippen LogP contribution < -0.4 is 10.2 Å². The Balaban J connectivity index is 2.09. The third-order valence-corrected chi connectivity index (χ3v) is 3.60. The fraction of sp³-hybridized carbons (Fsp3) is 0.714. The molecular formula is C14H25N5. The van der Waals surface area contributed by atoms with Crippen molar-refractivity contribution in [3.8, 4) is 0 Å². The van der Waals surface area contributed by atoms with Crippen LogP contribution in [0, 0.1) is 6.92 Å². The Bertz CT molecular complexity index is 418. The number of rotatable bonds is 5. The summed E-state index contributed by atoms with van der Waals surface area (Å²) in [5, 5.41) is 3.34. The smallest absolute Gasteiger partial charge is 0.134 e. The second-order valence-corrected chi connectivity index (χ2v) is 5.44. The van der Waals surface area contributed by atoms with Crippen molar-refractivity contribution in [2.75, 3.05) is 43.9 Å². The summed E-state index contributed by atoms with van der Waals surface area (Å²) in [7, 11) is 4.29. The topological polar surface area (TPSA) is 44.3 Å². The number of hydrogen-bond donors (Lipinski definition) is 1. The van der Waals surface area contributed by atoms with Gasteiger partial charge in [0.2, 0.25) is 0 Å². The molecular weight excluding hydrogens is 238 g/mol. The standard InChI is InChI=1S/C14H25N5/c1-5-7-15-13-9-14(17-11(2)16-13)19-8-6-12(10-19)18(3)4/h9,12H,5-8,10H2,1-4H3,(H,15,16,17). The molecule has 0 radical (unpaired) electrons. The van der Waals surface area contributed by atoms with Gasteiger partial charge in [-0.1, -0.05) is 6.92 Å².